The van der Waals surface area contributed by atoms with E-state index in [9.17, 15) is 4.79 Å². The standard InChI is InChI=1S/C13H13BrN2OS/c1-8-6-11(18-12(8)14)13(17)16-7-9-4-2-3-5-10(9)15/h2-6H,7,15H2,1H3,(H,16,17). The molecule has 5 heteroatoms. The van der Waals surface area contributed by atoms with Crippen LogP contribution in [0.3, 0.4) is 0 Å². The first-order chi connectivity index (χ1) is 8.58. The number of carbonyl (C=O) groups is 1. The predicted molar refractivity (Wildman–Crippen MR) is 78.8 cm³/mol. The van der Waals surface area contributed by atoms with Gasteiger partial charge in [0.2, 0.25) is 0 Å². The molecule has 0 aliphatic carbocycles. The number of halogens is 1. The summed E-state index contributed by atoms with van der Waals surface area (Å²) in [6.45, 7) is 2.41. The number of benzene rings is 1. The first-order valence-electron chi connectivity index (χ1n) is 5.45. The van der Waals surface area contributed by atoms with Crippen LogP contribution in [-0.2, 0) is 6.54 Å². The molecule has 1 heterocycles. The zero-order valence-electron chi connectivity index (χ0n) is 9.87. The number of thiophene rings is 1. The first-order valence-corrected chi connectivity index (χ1v) is 7.06. The Hall–Kier alpha value is -1.33. The van der Waals surface area contributed by atoms with Gasteiger partial charge in [-0.25, -0.2) is 0 Å². The van der Waals surface area contributed by atoms with Crippen molar-refractivity contribution in [3.63, 3.8) is 0 Å². The molecular weight excluding hydrogens is 312 g/mol. The Morgan fingerprint density at radius 3 is 2.78 bits per heavy atom. The van der Waals surface area contributed by atoms with Gasteiger partial charge in [-0.2, -0.15) is 0 Å². The monoisotopic (exact) mass is 324 g/mol. The van der Waals surface area contributed by atoms with Gasteiger partial charge >= 0.3 is 0 Å². The van der Waals surface area contributed by atoms with Gasteiger partial charge in [0.1, 0.15) is 0 Å². The smallest absolute Gasteiger partial charge is 0.261 e. The topological polar surface area (TPSA) is 55.1 Å². The van der Waals surface area contributed by atoms with Crippen LogP contribution in [0, 0.1) is 6.92 Å². The Balaban J connectivity index is 2.03. The third-order valence-electron chi connectivity index (χ3n) is 2.58. The van der Waals surface area contributed by atoms with E-state index in [0.717, 1.165) is 14.9 Å². The van der Waals surface area contributed by atoms with Crippen molar-refractivity contribution in [1.29, 1.82) is 0 Å². The van der Waals surface area contributed by atoms with Gasteiger partial charge in [-0.05, 0) is 46.1 Å². The number of hydrogen-bond donors (Lipinski definition) is 2. The number of rotatable bonds is 3. The average Bonchev–Trinajstić information content (AvgIpc) is 2.68. The maximum absolute atomic E-state index is 11.9. The molecule has 1 aromatic heterocycles. The summed E-state index contributed by atoms with van der Waals surface area (Å²) in [7, 11) is 0. The Morgan fingerprint density at radius 1 is 1.44 bits per heavy atom. The van der Waals surface area contributed by atoms with E-state index in [4.69, 9.17) is 5.73 Å². The molecule has 0 aliphatic heterocycles. The molecule has 2 aromatic rings. The van der Waals surface area contributed by atoms with Crippen LogP contribution in [-0.4, -0.2) is 5.91 Å². The molecule has 0 atom stereocenters. The second-order valence-corrected chi connectivity index (χ2v) is 6.32. The lowest BCUT2D eigenvalue weighted by Gasteiger charge is -2.06. The molecule has 0 saturated carbocycles. The normalized spacial score (nSPS) is 10.3. The van der Waals surface area contributed by atoms with E-state index in [-0.39, 0.29) is 5.91 Å². The van der Waals surface area contributed by atoms with Gasteiger partial charge in [-0.3, -0.25) is 4.79 Å². The van der Waals surface area contributed by atoms with Crippen LogP contribution in [0.1, 0.15) is 20.8 Å². The minimum atomic E-state index is -0.0722. The molecule has 0 radical (unpaired) electrons. The fourth-order valence-corrected chi connectivity index (χ4v) is 2.98. The van der Waals surface area contributed by atoms with Crippen LogP contribution >= 0.6 is 27.3 Å². The van der Waals surface area contributed by atoms with E-state index in [2.05, 4.69) is 21.2 Å². The molecule has 1 aromatic carbocycles. The predicted octanol–water partition coefficient (Wildman–Crippen LogP) is 3.33. The van der Waals surface area contributed by atoms with E-state index in [1.165, 1.54) is 11.3 Å². The maximum Gasteiger partial charge on any atom is 0.261 e. The van der Waals surface area contributed by atoms with Gasteiger partial charge in [0.05, 0.1) is 8.66 Å². The SMILES string of the molecule is Cc1cc(C(=O)NCc2ccccc2N)sc1Br. The molecule has 3 N–H and O–H groups in total. The number of carbonyl (C=O) groups excluding carboxylic acids is 1. The summed E-state index contributed by atoms with van der Waals surface area (Å²) in [6.07, 6.45) is 0. The van der Waals surface area contributed by atoms with Gasteiger partial charge < -0.3 is 11.1 Å². The van der Waals surface area contributed by atoms with Crippen molar-refractivity contribution in [3.8, 4) is 0 Å². The van der Waals surface area contributed by atoms with Crippen molar-refractivity contribution in [1.82, 2.24) is 5.32 Å². The average molecular weight is 325 g/mol. The highest BCUT2D eigenvalue weighted by Gasteiger charge is 2.11. The summed E-state index contributed by atoms with van der Waals surface area (Å²) >= 11 is 4.85. The van der Waals surface area contributed by atoms with Crippen LogP contribution in [0.4, 0.5) is 5.69 Å². The zero-order chi connectivity index (χ0) is 13.1. The van der Waals surface area contributed by atoms with E-state index in [1.807, 2.05) is 37.3 Å². The van der Waals surface area contributed by atoms with Gasteiger partial charge in [-0.15, -0.1) is 11.3 Å². The Morgan fingerprint density at radius 2 is 2.17 bits per heavy atom. The van der Waals surface area contributed by atoms with E-state index < -0.39 is 0 Å². The highest BCUT2D eigenvalue weighted by atomic mass is 79.9. The highest BCUT2D eigenvalue weighted by Crippen LogP contribution is 2.27. The van der Waals surface area contributed by atoms with Crippen LogP contribution < -0.4 is 11.1 Å². The summed E-state index contributed by atoms with van der Waals surface area (Å²) in [4.78, 5) is 12.6. The summed E-state index contributed by atoms with van der Waals surface area (Å²) in [5.74, 6) is -0.0722. The van der Waals surface area contributed by atoms with Crippen molar-refractivity contribution < 1.29 is 4.79 Å². The number of aryl methyl sites for hydroxylation is 1. The minimum Gasteiger partial charge on any atom is -0.398 e. The molecule has 94 valence electrons. The lowest BCUT2D eigenvalue weighted by Crippen LogP contribution is -2.22. The maximum atomic E-state index is 11.9. The van der Waals surface area contributed by atoms with Crippen LogP contribution in [0.15, 0.2) is 34.1 Å². The van der Waals surface area contributed by atoms with E-state index >= 15 is 0 Å². The third kappa shape index (κ3) is 2.91. The number of hydrogen-bond acceptors (Lipinski definition) is 3. The molecule has 0 spiro atoms. The van der Waals surface area contributed by atoms with Crippen molar-refractivity contribution in [3.05, 3.63) is 50.1 Å². The van der Waals surface area contributed by atoms with Crippen LogP contribution in [0.2, 0.25) is 0 Å². The van der Waals surface area contributed by atoms with Crippen LogP contribution in [0.25, 0.3) is 0 Å². The Bertz CT molecular complexity index is 561. The number of anilines is 1. The Labute approximate surface area is 118 Å². The number of nitrogens with one attached hydrogen (secondary N) is 1. The lowest BCUT2D eigenvalue weighted by molar-refractivity contribution is 0.0955. The number of amides is 1. The van der Waals surface area contributed by atoms with Gasteiger partial charge in [0.15, 0.2) is 0 Å². The second kappa shape index (κ2) is 5.54. The minimum absolute atomic E-state index is 0.0722. The van der Waals surface area contributed by atoms with Crippen molar-refractivity contribution in [2.24, 2.45) is 0 Å². The summed E-state index contributed by atoms with van der Waals surface area (Å²) in [5, 5.41) is 2.87. The molecule has 2 rings (SSSR count). The summed E-state index contributed by atoms with van der Waals surface area (Å²) in [5.41, 5.74) is 8.52. The van der Waals surface area contributed by atoms with E-state index in [1.54, 1.807) is 0 Å². The Kier molecular flexibility index (Phi) is 4.04. The fourth-order valence-electron chi connectivity index (χ4n) is 1.53. The second-order valence-electron chi connectivity index (χ2n) is 3.95. The molecule has 0 aliphatic rings. The number of nitrogen functional groups attached to an aromatic ring is 1. The quantitative estimate of drug-likeness (QED) is 0.851. The highest BCUT2D eigenvalue weighted by molar-refractivity contribution is 9.11. The molecule has 0 unspecified atom stereocenters. The van der Waals surface area contributed by atoms with E-state index in [0.29, 0.717) is 17.1 Å². The van der Waals surface area contributed by atoms with Crippen molar-refractivity contribution in [2.45, 2.75) is 13.5 Å². The van der Waals surface area contributed by atoms with Gasteiger partial charge in [-0.1, -0.05) is 18.2 Å². The largest absolute Gasteiger partial charge is 0.398 e. The summed E-state index contributed by atoms with van der Waals surface area (Å²) < 4.78 is 0.992. The lowest BCUT2D eigenvalue weighted by atomic mass is 10.2. The fraction of sp³-hybridized carbons (Fsp3) is 0.154. The zero-order valence-corrected chi connectivity index (χ0v) is 12.3. The number of nitrogens with two attached hydrogens (primary N) is 1. The van der Waals surface area contributed by atoms with Gasteiger partial charge in [0, 0.05) is 12.2 Å². The molecule has 0 fully saturated rings. The molecule has 3 nitrogen and oxygen atoms in total. The van der Waals surface area contributed by atoms with Crippen molar-refractivity contribution >= 4 is 38.9 Å². The first kappa shape index (κ1) is 13.1. The molecule has 0 bridgehead atoms. The molecule has 18 heavy (non-hydrogen) atoms. The van der Waals surface area contributed by atoms with Gasteiger partial charge in [0.25, 0.3) is 5.91 Å². The van der Waals surface area contributed by atoms with Crippen LogP contribution in [0.5, 0.6) is 0 Å². The molecule has 1 amide bonds. The third-order valence-corrected chi connectivity index (χ3v) is 4.71. The molecule has 0 saturated heterocycles. The number of para-hydroxylation sites is 1. The summed E-state index contributed by atoms with van der Waals surface area (Å²) in [6, 6.07) is 9.39. The van der Waals surface area contributed by atoms with Crippen molar-refractivity contribution in [2.75, 3.05) is 5.73 Å². The molecular formula is C13H13BrN2OS.